The lowest BCUT2D eigenvalue weighted by molar-refractivity contribution is -0.210. The summed E-state index contributed by atoms with van der Waals surface area (Å²) >= 11 is 0. The molecule has 0 heterocycles. The lowest BCUT2D eigenvalue weighted by Gasteiger charge is -2.67. The van der Waals surface area contributed by atoms with E-state index in [1.807, 2.05) is 12.1 Å². The molecule has 4 aliphatic rings. The first-order chi connectivity index (χ1) is 19.6. The minimum Gasteiger partial charge on any atom is -0.462 e. The van der Waals surface area contributed by atoms with E-state index >= 15 is 0 Å². The van der Waals surface area contributed by atoms with Crippen molar-refractivity contribution in [3.8, 4) is 0 Å². The third-order valence-electron chi connectivity index (χ3n) is 14.0. The van der Waals surface area contributed by atoms with E-state index in [0.29, 0.717) is 33.5 Å². The van der Waals surface area contributed by atoms with Crippen molar-refractivity contribution in [1.29, 1.82) is 0 Å². The number of carbonyl (C=O) groups excluding carboxylic acids is 1. The van der Waals surface area contributed by atoms with Crippen LogP contribution in [0.25, 0.3) is 0 Å². The number of allylic oxidation sites excluding steroid dienone is 2. The molecule has 0 spiro atoms. The average Bonchev–Trinajstić information content (AvgIpc) is 3.16. The Morgan fingerprint density at radius 2 is 1.57 bits per heavy atom. The number of carbonyl (C=O) groups is 1. The number of ether oxygens (including phenoxy) is 1. The van der Waals surface area contributed by atoms with Crippen LogP contribution in [-0.4, -0.2) is 12.1 Å². The van der Waals surface area contributed by atoms with Gasteiger partial charge in [-0.3, -0.25) is 4.79 Å². The van der Waals surface area contributed by atoms with Crippen LogP contribution in [0.4, 0.5) is 11.4 Å². The highest BCUT2D eigenvalue weighted by Gasteiger charge is 2.67. The second-order valence-corrected chi connectivity index (χ2v) is 16.7. The summed E-state index contributed by atoms with van der Waals surface area (Å²) in [4.78, 5) is 13.1. The highest BCUT2D eigenvalue weighted by Crippen LogP contribution is 2.74. The monoisotopic (exact) mass is 576 g/mol. The summed E-state index contributed by atoms with van der Waals surface area (Å²) in [6, 6.07) is 5.39. The molecule has 1 aromatic carbocycles. The number of hydrogen-bond acceptors (Lipinski definition) is 4. The molecular weight excluding hydrogens is 516 g/mol. The summed E-state index contributed by atoms with van der Waals surface area (Å²) < 4.78 is 6.29. The van der Waals surface area contributed by atoms with Crippen LogP contribution in [0.1, 0.15) is 125 Å². The van der Waals surface area contributed by atoms with Crippen LogP contribution in [0.5, 0.6) is 0 Å². The molecule has 4 fully saturated rings. The zero-order valence-electron chi connectivity index (χ0n) is 28.0. The average molecular weight is 577 g/mol. The molecule has 4 saturated carbocycles. The molecule has 0 amide bonds. The van der Waals surface area contributed by atoms with E-state index in [0.717, 1.165) is 35.7 Å². The van der Waals surface area contributed by atoms with E-state index in [-0.39, 0.29) is 23.9 Å². The number of esters is 1. The van der Waals surface area contributed by atoms with E-state index in [4.69, 9.17) is 16.2 Å². The Morgan fingerprint density at radius 3 is 2.24 bits per heavy atom. The van der Waals surface area contributed by atoms with Gasteiger partial charge in [-0.05, 0) is 148 Å². The second-order valence-electron chi connectivity index (χ2n) is 16.7. The van der Waals surface area contributed by atoms with Gasteiger partial charge in [0, 0.05) is 16.8 Å². The first-order valence-corrected chi connectivity index (χ1v) is 17.1. The predicted octanol–water partition coefficient (Wildman–Crippen LogP) is 9.37. The van der Waals surface area contributed by atoms with Gasteiger partial charge in [0.1, 0.15) is 6.10 Å². The predicted molar refractivity (Wildman–Crippen MR) is 176 cm³/mol. The normalized spacial score (nSPS) is 39.4. The van der Waals surface area contributed by atoms with Crippen molar-refractivity contribution in [3.63, 3.8) is 0 Å². The molecule has 4 nitrogen and oxygen atoms in total. The Labute approximate surface area is 256 Å². The van der Waals surface area contributed by atoms with Crippen molar-refractivity contribution in [2.45, 2.75) is 132 Å². The summed E-state index contributed by atoms with van der Waals surface area (Å²) in [5.41, 5.74) is 16.6. The SMILES string of the molecule is CC(C)=CCCC(C)C1CCC2(C)C3CCC4C(C)(C)C(OC(=O)Cc5cc(N)cc(N)c5)CCC4(C)C3CCC12C. The van der Waals surface area contributed by atoms with E-state index in [1.54, 1.807) is 6.07 Å². The zero-order chi connectivity index (χ0) is 30.7. The first-order valence-electron chi connectivity index (χ1n) is 17.1. The molecule has 4 N–H and O–H groups in total. The number of fused-ring (bicyclic) bond motifs is 5. The maximum Gasteiger partial charge on any atom is 0.310 e. The van der Waals surface area contributed by atoms with Gasteiger partial charge in [-0.1, -0.05) is 53.2 Å². The fourth-order valence-electron chi connectivity index (χ4n) is 11.7. The van der Waals surface area contributed by atoms with Gasteiger partial charge in [-0.2, -0.15) is 0 Å². The van der Waals surface area contributed by atoms with Crippen LogP contribution in [-0.2, 0) is 16.0 Å². The number of benzene rings is 1. The fourth-order valence-corrected chi connectivity index (χ4v) is 11.7. The second kappa shape index (κ2) is 11.2. The van der Waals surface area contributed by atoms with Gasteiger partial charge in [-0.15, -0.1) is 0 Å². The first kappa shape index (κ1) is 31.5. The van der Waals surface area contributed by atoms with Gasteiger partial charge < -0.3 is 16.2 Å². The molecule has 1 aromatic rings. The van der Waals surface area contributed by atoms with Crippen LogP contribution >= 0.6 is 0 Å². The quantitative estimate of drug-likeness (QED) is 0.192. The van der Waals surface area contributed by atoms with E-state index < -0.39 is 0 Å². The molecule has 0 saturated heterocycles. The highest BCUT2D eigenvalue weighted by molar-refractivity contribution is 5.74. The van der Waals surface area contributed by atoms with Crippen LogP contribution < -0.4 is 11.5 Å². The van der Waals surface area contributed by atoms with Crippen molar-refractivity contribution in [1.82, 2.24) is 0 Å². The summed E-state index contributed by atoms with van der Waals surface area (Å²) in [7, 11) is 0. The molecule has 234 valence electrons. The van der Waals surface area contributed by atoms with E-state index in [9.17, 15) is 4.79 Å². The van der Waals surface area contributed by atoms with Gasteiger partial charge in [0.05, 0.1) is 6.42 Å². The van der Waals surface area contributed by atoms with Crippen molar-refractivity contribution in [3.05, 3.63) is 35.4 Å². The standard InChI is InChI=1S/C38H60N2O2/c1-24(2)10-9-11-25(3)29-14-18-38(8)31-12-13-32-35(4,5)33(16-17-36(32,6)30(31)15-19-37(29,38)7)42-34(41)22-26-20-27(39)23-28(40)21-26/h10,20-21,23,25,29-33H,9,11-19,22,39-40H2,1-8H3. The molecule has 4 heteroatoms. The lowest BCUT2D eigenvalue weighted by Crippen LogP contribution is -2.62. The Hall–Kier alpha value is -1.97. The topological polar surface area (TPSA) is 78.3 Å². The van der Waals surface area contributed by atoms with Crippen LogP contribution in [0.2, 0.25) is 0 Å². The summed E-state index contributed by atoms with van der Waals surface area (Å²) in [6.07, 6.45) is 15.5. The van der Waals surface area contributed by atoms with Crippen LogP contribution in [0.15, 0.2) is 29.8 Å². The van der Waals surface area contributed by atoms with E-state index in [1.165, 1.54) is 63.4 Å². The molecule has 42 heavy (non-hydrogen) atoms. The molecule has 9 unspecified atom stereocenters. The molecular formula is C38H60N2O2. The number of nitrogen functional groups attached to an aromatic ring is 2. The van der Waals surface area contributed by atoms with Gasteiger partial charge in [0.2, 0.25) is 0 Å². The third kappa shape index (κ3) is 5.21. The molecule has 0 bridgehead atoms. The number of anilines is 2. The number of nitrogens with two attached hydrogens (primary N) is 2. The van der Waals surface area contributed by atoms with Crippen molar-refractivity contribution < 1.29 is 9.53 Å². The Morgan fingerprint density at radius 1 is 0.905 bits per heavy atom. The smallest absolute Gasteiger partial charge is 0.310 e. The van der Waals surface area contributed by atoms with Gasteiger partial charge in [0.15, 0.2) is 0 Å². The van der Waals surface area contributed by atoms with Crippen LogP contribution in [0, 0.1) is 51.2 Å². The van der Waals surface area contributed by atoms with Crippen molar-refractivity contribution in [2.75, 3.05) is 11.5 Å². The van der Waals surface area contributed by atoms with Crippen molar-refractivity contribution in [2.24, 2.45) is 51.2 Å². The lowest BCUT2D eigenvalue weighted by atomic mass is 9.38. The number of rotatable bonds is 7. The molecule has 9 atom stereocenters. The van der Waals surface area contributed by atoms with Crippen molar-refractivity contribution >= 4 is 17.3 Å². The summed E-state index contributed by atoms with van der Waals surface area (Å²) in [5, 5.41) is 0. The van der Waals surface area contributed by atoms with E-state index in [2.05, 4.69) is 61.5 Å². The maximum atomic E-state index is 13.1. The Kier molecular flexibility index (Phi) is 8.38. The Balaban J connectivity index is 1.30. The molecule has 5 rings (SSSR count). The minimum atomic E-state index is -0.160. The number of hydrogen-bond donors (Lipinski definition) is 2. The van der Waals surface area contributed by atoms with Crippen LogP contribution in [0.3, 0.4) is 0 Å². The summed E-state index contributed by atoms with van der Waals surface area (Å²) in [5.74, 6) is 3.66. The third-order valence-corrected chi connectivity index (χ3v) is 14.0. The molecule has 0 radical (unpaired) electrons. The molecule has 4 aliphatic carbocycles. The Bertz CT molecular complexity index is 1180. The zero-order valence-corrected chi connectivity index (χ0v) is 28.0. The van der Waals surface area contributed by atoms with Gasteiger partial charge >= 0.3 is 5.97 Å². The maximum absolute atomic E-state index is 13.1. The molecule has 0 aliphatic heterocycles. The largest absolute Gasteiger partial charge is 0.462 e. The molecule has 0 aromatic heterocycles. The summed E-state index contributed by atoms with van der Waals surface area (Å²) in [6.45, 7) is 19.8. The highest BCUT2D eigenvalue weighted by atomic mass is 16.5. The van der Waals surface area contributed by atoms with Gasteiger partial charge in [-0.25, -0.2) is 0 Å². The van der Waals surface area contributed by atoms with Gasteiger partial charge in [0.25, 0.3) is 0 Å². The fraction of sp³-hybridized carbons (Fsp3) is 0.763. The minimum absolute atomic E-state index is 0.0400.